The summed E-state index contributed by atoms with van der Waals surface area (Å²) in [5.74, 6) is 1.14. The van der Waals surface area contributed by atoms with Crippen molar-refractivity contribution in [2.75, 3.05) is 19.0 Å². The fourth-order valence-corrected chi connectivity index (χ4v) is 1.26. The summed E-state index contributed by atoms with van der Waals surface area (Å²) in [6.07, 6.45) is 1.65. The number of carbonyl (C=O) groups excluding carboxylic acids is 1. The van der Waals surface area contributed by atoms with E-state index in [0.29, 0.717) is 18.1 Å². The van der Waals surface area contributed by atoms with Crippen LogP contribution in [-0.2, 0) is 4.79 Å². The summed E-state index contributed by atoms with van der Waals surface area (Å²) in [6, 6.07) is 3.23. The van der Waals surface area contributed by atoms with E-state index < -0.39 is 0 Å². The van der Waals surface area contributed by atoms with Crippen LogP contribution in [0.3, 0.4) is 0 Å². The van der Waals surface area contributed by atoms with E-state index in [1.165, 1.54) is 0 Å². The number of nitrogens with zero attached hydrogens (tertiary/aromatic N) is 1. The number of likely N-dealkylation sites (N-methyl/N-ethyl adjacent to an activating group) is 1. The second kappa shape index (κ2) is 5.95. The van der Waals surface area contributed by atoms with Gasteiger partial charge in [0.25, 0.3) is 0 Å². The average Bonchev–Trinajstić information content (AvgIpc) is 2.30. The van der Waals surface area contributed by atoms with E-state index >= 15 is 0 Å². The van der Waals surface area contributed by atoms with Gasteiger partial charge in [-0.05, 0) is 26.0 Å². The summed E-state index contributed by atoms with van der Waals surface area (Å²) < 4.78 is 5.13. The summed E-state index contributed by atoms with van der Waals surface area (Å²) in [5, 5.41) is 5.73. The van der Waals surface area contributed by atoms with Crippen molar-refractivity contribution in [3.05, 3.63) is 18.3 Å². The molecule has 0 saturated heterocycles. The lowest BCUT2D eigenvalue weighted by Gasteiger charge is -2.15. The Morgan fingerprint density at radius 2 is 2.38 bits per heavy atom. The third kappa shape index (κ3) is 3.12. The number of methoxy groups -OCH3 is 1. The Balaban J connectivity index is 2.68. The third-order valence-electron chi connectivity index (χ3n) is 2.09. The summed E-state index contributed by atoms with van der Waals surface area (Å²) in [4.78, 5) is 15.6. The SMILES string of the molecule is CCNC(=O)C(C)Nc1ncccc1OC. The number of anilines is 1. The fraction of sp³-hybridized carbons (Fsp3) is 0.455. The van der Waals surface area contributed by atoms with Gasteiger partial charge in [-0.25, -0.2) is 4.98 Å². The first-order chi connectivity index (χ1) is 7.69. The highest BCUT2D eigenvalue weighted by Gasteiger charge is 2.13. The van der Waals surface area contributed by atoms with Gasteiger partial charge in [0.05, 0.1) is 7.11 Å². The van der Waals surface area contributed by atoms with Gasteiger partial charge in [0.2, 0.25) is 5.91 Å². The van der Waals surface area contributed by atoms with Crippen molar-refractivity contribution < 1.29 is 9.53 Å². The number of amides is 1. The van der Waals surface area contributed by atoms with Crippen LogP contribution in [-0.4, -0.2) is 30.6 Å². The summed E-state index contributed by atoms with van der Waals surface area (Å²) in [7, 11) is 1.57. The van der Waals surface area contributed by atoms with Gasteiger partial charge < -0.3 is 15.4 Å². The van der Waals surface area contributed by atoms with E-state index in [0.717, 1.165) is 0 Å². The number of pyridine rings is 1. The van der Waals surface area contributed by atoms with E-state index in [9.17, 15) is 4.79 Å². The molecule has 0 fully saturated rings. The minimum atomic E-state index is -0.344. The number of carbonyl (C=O) groups is 1. The Bertz CT molecular complexity index is 355. The van der Waals surface area contributed by atoms with Gasteiger partial charge in [-0.1, -0.05) is 0 Å². The van der Waals surface area contributed by atoms with Crippen LogP contribution in [0, 0.1) is 0 Å². The smallest absolute Gasteiger partial charge is 0.242 e. The quantitative estimate of drug-likeness (QED) is 0.782. The molecule has 5 heteroatoms. The monoisotopic (exact) mass is 223 g/mol. The van der Waals surface area contributed by atoms with Crippen LogP contribution in [0.15, 0.2) is 18.3 Å². The number of hydrogen-bond acceptors (Lipinski definition) is 4. The first kappa shape index (κ1) is 12.3. The topological polar surface area (TPSA) is 63.2 Å². The molecule has 0 aliphatic carbocycles. The number of rotatable bonds is 5. The molecule has 1 atom stereocenters. The number of ether oxygens (including phenoxy) is 1. The molecule has 0 bridgehead atoms. The van der Waals surface area contributed by atoms with Crippen molar-refractivity contribution in [3.63, 3.8) is 0 Å². The van der Waals surface area contributed by atoms with Gasteiger partial charge in [-0.3, -0.25) is 4.79 Å². The molecule has 16 heavy (non-hydrogen) atoms. The predicted molar refractivity (Wildman–Crippen MR) is 62.6 cm³/mol. The van der Waals surface area contributed by atoms with Crippen molar-refractivity contribution in [1.29, 1.82) is 0 Å². The molecule has 1 aromatic rings. The van der Waals surface area contributed by atoms with Gasteiger partial charge in [-0.2, -0.15) is 0 Å². The van der Waals surface area contributed by atoms with Gasteiger partial charge in [-0.15, -0.1) is 0 Å². The normalized spacial score (nSPS) is 11.7. The molecule has 0 radical (unpaired) electrons. The lowest BCUT2D eigenvalue weighted by atomic mass is 10.3. The Morgan fingerprint density at radius 3 is 3.00 bits per heavy atom. The molecule has 1 unspecified atom stereocenters. The molecule has 0 aliphatic rings. The standard InChI is InChI=1S/C11H17N3O2/c1-4-12-11(15)8(2)14-10-9(16-3)6-5-7-13-10/h5-8H,4H2,1-3H3,(H,12,15)(H,13,14). The number of aromatic nitrogens is 1. The highest BCUT2D eigenvalue weighted by Crippen LogP contribution is 2.20. The fourth-order valence-electron chi connectivity index (χ4n) is 1.26. The zero-order chi connectivity index (χ0) is 12.0. The van der Waals surface area contributed by atoms with Crippen molar-refractivity contribution in [1.82, 2.24) is 10.3 Å². The van der Waals surface area contributed by atoms with Gasteiger partial charge in [0.15, 0.2) is 11.6 Å². The Kier molecular flexibility index (Phi) is 4.57. The molecule has 0 aromatic carbocycles. The van der Waals surface area contributed by atoms with Gasteiger partial charge in [0, 0.05) is 12.7 Å². The third-order valence-corrected chi connectivity index (χ3v) is 2.09. The molecular formula is C11H17N3O2. The Labute approximate surface area is 95.2 Å². The maximum absolute atomic E-state index is 11.5. The van der Waals surface area contributed by atoms with Gasteiger partial charge in [0.1, 0.15) is 6.04 Å². The van der Waals surface area contributed by atoms with Crippen LogP contribution >= 0.6 is 0 Å². The Hall–Kier alpha value is -1.78. The largest absolute Gasteiger partial charge is 0.493 e. The second-order valence-corrected chi connectivity index (χ2v) is 3.31. The molecule has 1 heterocycles. The lowest BCUT2D eigenvalue weighted by Crippen LogP contribution is -2.37. The molecule has 1 rings (SSSR count). The van der Waals surface area contributed by atoms with Crippen molar-refractivity contribution in [2.24, 2.45) is 0 Å². The van der Waals surface area contributed by atoms with E-state index in [1.54, 1.807) is 32.4 Å². The van der Waals surface area contributed by atoms with E-state index in [1.807, 2.05) is 6.92 Å². The number of hydrogen-bond donors (Lipinski definition) is 2. The van der Waals surface area contributed by atoms with Crippen LogP contribution in [0.25, 0.3) is 0 Å². The first-order valence-electron chi connectivity index (χ1n) is 5.22. The highest BCUT2D eigenvalue weighted by atomic mass is 16.5. The summed E-state index contributed by atoms with van der Waals surface area (Å²) in [6.45, 7) is 4.27. The highest BCUT2D eigenvalue weighted by molar-refractivity contribution is 5.84. The molecule has 1 aromatic heterocycles. The van der Waals surface area contributed by atoms with Crippen molar-refractivity contribution in [3.8, 4) is 5.75 Å². The second-order valence-electron chi connectivity index (χ2n) is 3.31. The molecule has 2 N–H and O–H groups in total. The maximum Gasteiger partial charge on any atom is 0.242 e. The maximum atomic E-state index is 11.5. The molecule has 0 aliphatic heterocycles. The van der Waals surface area contributed by atoms with E-state index in [4.69, 9.17) is 4.74 Å². The van der Waals surface area contributed by atoms with Crippen molar-refractivity contribution >= 4 is 11.7 Å². The minimum Gasteiger partial charge on any atom is -0.493 e. The van der Waals surface area contributed by atoms with E-state index in [2.05, 4.69) is 15.6 Å². The summed E-state index contributed by atoms with van der Waals surface area (Å²) in [5.41, 5.74) is 0. The van der Waals surface area contributed by atoms with Crippen LogP contribution in [0.2, 0.25) is 0 Å². The molecule has 88 valence electrons. The summed E-state index contributed by atoms with van der Waals surface area (Å²) >= 11 is 0. The van der Waals surface area contributed by atoms with Crippen LogP contribution in [0.5, 0.6) is 5.75 Å². The minimum absolute atomic E-state index is 0.0600. The molecule has 5 nitrogen and oxygen atoms in total. The molecule has 1 amide bonds. The lowest BCUT2D eigenvalue weighted by molar-refractivity contribution is -0.121. The zero-order valence-corrected chi connectivity index (χ0v) is 9.78. The average molecular weight is 223 g/mol. The van der Waals surface area contributed by atoms with Gasteiger partial charge >= 0.3 is 0 Å². The molecular weight excluding hydrogens is 206 g/mol. The van der Waals surface area contributed by atoms with Crippen molar-refractivity contribution in [2.45, 2.75) is 19.9 Å². The van der Waals surface area contributed by atoms with Crippen LogP contribution in [0.4, 0.5) is 5.82 Å². The van der Waals surface area contributed by atoms with E-state index in [-0.39, 0.29) is 11.9 Å². The number of nitrogens with one attached hydrogen (secondary N) is 2. The zero-order valence-electron chi connectivity index (χ0n) is 9.78. The first-order valence-corrected chi connectivity index (χ1v) is 5.22. The predicted octanol–water partition coefficient (Wildman–Crippen LogP) is 1.03. The Morgan fingerprint density at radius 1 is 1.62 bits per heavy atom. The molecule has 0 saturated carbocycles. The van der Waals surface area contributed by atoms with Crippen LogP contribution < -0.4 is 15.4 Å². The molecule has 0 spiro atoms. The van der Waals surface area contributed by atoms with Crippen LogP contribution in [0.1, 0.15) is 13.8 Å².